The van der Waals surface area contributed by atoms with E-state index in [2.05, 4.69) is 15.8 Å². The largest absolute Gasteiger partial charge is 0.492 e. The number of aliphatic hydroxyl groups excluding tert-OH is 1. The summed E-state index contributed by atoms with van der Waals surface area (Å²) in [6, 6.07) is 7.47. The number of nitrogens with one attached hydrogen (secondary N) is 2. The van der Waals surface area contributed by atoms with Crippen molar-refractivity contribution in [1.82, 2.24) is 9.55 Å². The SMILES string of the molecule is CCOc1cccnc1Cc1ccc(=N)n(/C=C/C=C/C=C(/C)N=N)c1.NCO. The summed E-state index contributed by atoms with van der Waals surface area (Å²) in [7, 11) is 0. The first-order valence-corrected chi connectivity index (χ1v) is 9.08. The molecule has 2 aromatic rings. The van der Waals surface area contributed by atoms with E-state index in [0.717, 1.165) is 17.0 Å². The quantitative estimate of drug-likeness (QED) is 0.310. The zero-order chi connectivity index (χ0) is 21.5. The molecule has 0 fully saturated rings. The fourth-order valence-corrected chi connectivity index (χ4v) is 2.27. The zero-order valence-corrected chi connectivity index (χ0v) is 16.7. The molecular formula is C21H28N6O2. The van der Waals surface area contributed by atoms with Crippen molar-refractivity contribution in [2.45, 2.75) is 20.3 Å². The van der Waals surface area contributed by atoms with Crippen LogP contribution < -0.4 is 16.0 Å². The molecule has 2 rings (SSSR count). The minimum Gasteiger partial charge on any atom is -0.492 e. The van der Waals surface area contributed by atoms with Crippen LogP contribution in [0.4, 0.5) is 0 Å². The highest BCUT2D eigenvalue weighted by molar-refractivity contribution is 5.34. The van der Waals surface area contributed by atoms with Crippen LogP contribution in [0.1, 0.15) is 25.1 Å². The van der Waals surface area contributed by atoms with Gasteiger partial charge in [0.1, 0.15) is 11.2 Å². The number of allylic oxidation sites excluding steroid dienone is 5. The third-order valence-electron chi connectivity index (χ3n) is 3.54. The number of ether oxygens (including phenoxy) is 1. The molecule has 0 aliphatic carbocycles. The maximum Gasteiger partial charge on any atom is 0.141 e. The third-order valence-corrected chi connectivity index (χ3v) is 3.54. The van der Waals surface area contributed by atoms with E-state index < -0.39 is 0 Å². The molecule has 29 heavy (non-hydrogen) atoms. The Kier molecular flexibility index (Phi) is 11.2. The highest BCUT2D eigenvalue weighted by atomic mass is 16.5. The summed E-state index contributed by atoms with van der Waals surface area (Å²) in [5.41, 5.74) is 14.2. The molecular weight excluding hydrogens is 368 g/mol. The Morgan fingerprint density at radius 3 is 2.76 bits per heavy atom. The predicted octanol–water partition coefficient (Wildman–Crippen LogP) is 3.21. The minimum atomic E-state index is -0.250. The molecule has 2 heterocycles. The van der Waals surface area contributed by atoms with Crippen molar-refractivity contribution in [1.29, 1.82) is 10.9 Å². The molecule has 0 unspecified atom stereocenters. The molecule has 0 aliphatic heterocycles. The summed E-state index contributed by atoms with van der Waals surface area (Å²) in [6.45, 7) is 4.06. The van der Waals surface area contributed by atoms with Gasteiger partial charge in [0.05, 0.1) is 24.7 Å². The minimum absolute atomic E-state index is 0.250. The average Bonchev–Trinajstić information content (AvgIpc) is 2.72. The van der Waals surface area contributed by atoms with Crippen molar-refractivity contribution in [3.8, 4) is 5.75 Å². The number of nitrogens with zero attached hydrogens (tertiary/aromatic N) is 3. The van der Waals surface area contributed by atoms with Gasteiger partial charge in [-0.15, -0.1) is 0 Å². The van der Waals surface area contributed by atoms with Crippen molar-refractivity contribution >= 4 is 6.20 Å². The number of hydrogen-bond acceptors (Lipinski definition) is 7. The number of pyridine rings is 2. The summed E-state index contributed by atoms with van der Waals surface area (Å²) in [5.74, 6) is 0.789. The number of aromatic nitrogens is 2. The second-order valence-corrected chi connectivity index (χ2v) is 5.72. The first-order valence-electron chi connectivity index (χ1n) is 9.08. The standard InChI is InChI=1S/C20H23N5O.CH5NO/c1-3-26-19-9-7-12-23-18(19)14-17-10-11-20(21)25(15-17)13-6-4-5-8-16(2)24-22;2-1-3/h4-13,15,21-22H,3,14H2,1-2H3;3H,1-2H2/b5-4+,13-6+,16-8-,21-20?,24-22?;. The molecule has 0 bridgehead atoms. The lowest BCUT2D eigenvalue weighted by Gasteiger charge is -2.10. The van der Waals surface area contributed by atoms with E-state index in [9.17, 15) is 0 Å². The van der Waals surface area contributed by atoms with E-state index >= 15 is 0 Å². The third kappa shape index (κ3) is 8.91. The van der Waals surface area contributed by atoms with E-state index in [0.29, 0.717) is 24.2 Å². The molecule has 0 saturated carbocycles. The Labute approximate surface area is 170 Å². The van der Waals surface area contributed by atoms with Gasteiger partial charge in [0.15, 0.2) is 0 Å². The van der Waals surface area contributed by atoms with Gasteiger partial charge in [-0.25, -0.2) is 5.53 Å². The fourth-order valence-electron chi connectivity index (χ4n) is 2.27. The van der Waals surface area contributed by atoms with E-state index in [4.69, 9.17) is 20.8 Å². The van der Waals surface area contributed by atoms with Crippen LogP contribution in [-0.2, 0) is 6.42 Å². The fraction of sp³-hybridized carbons (Fsp3) is 0.238. The van der Waals surface area contributed by atoms with Gasteiger partial charge in [0, 0.05) is 25.0 Å². The van der Waals surface area contributed by atoms with Gasteiger partial charge < -0.3 is 20.1 Å². The first-order chi connectivity index (χ1) is 14.0. The van der Waals surface area contributed by atoms with Crippen LogP contribution in [0.5, 0.6) is 5.75 Å². The van der Waals surface area contributed by atoms with E-state index in [1.807, 2.05) is 49.7 Å². The summed E-state index contributed by atoms with van der Waals surface area (Å²) in [4.78, 5) is 4.41. The second kappa shape index (κ2) is 13.8. The molecule has 0 aromatic carbocycles. The lowest BCUT2D eigenvalue weighted by Crippen LogP contribution is -2.14. The van der Waals surface area contributed by atoms with Crippen LogP contribution in [0.25, 0.3) is 6.20 Å². The van der Waals surface area contributed by atoms with Gasteiger partial charge in [0.25, 0.3) is 0 Å². The highest BCUT2D eigenvalue weighted by Gasteiger charge is 2.06. The second-order valence-electron chi connectivity index (χ2n) is 5.72. The van der Waals surface area contributed by atoms with Crippen LogP contribution in [0.2, 0.25) is 0 Å². The summed E-state index contributed by atoms with van der Waals surface area (Å²) in [5, 5.41) is 18.7. The molecule has 0 amide bonds. The topological polar surface area (TPSA) is 133 Å². The Balaban J connectivity index is 0.00000132. The molecule has 0 spiro atoms. The van der Waals surface area contributed by atoms with E-state index in [1.54, 1.807) is 35.9 Å². The number of aliphatic hydroxyl groups is 1. The van der Waals surface area contributed by atoms with Crippen LogP contribution in [-0.4, -0.2) is 28.0 Å². The molecule has 2 aromatic heterocycles. The lowest BCUT2D eigenvalue weighted by molar-refractivity contribution is 0.307. The van der Waals surface area contributed by atoms with Gasteiger partial charge >= 0.3 is 0 Å². The van der Waals surface area contributed by atoms with Crippen LogP contribution in [0.15, 0.2) is 71.8 Å². The van der Waals surface area contributed by atoms with Crippen LogP contribution >= 0.6 is 0 Å². The molecule has 0 aliphatic rings. The molecule has 8 nitrogen and oxygen atoms in total. The van der Waals surface area contributed by atoms with Crippen molar-refractivity contribution in [3.05, 3.63) is 83.4 Å². The maximum absolute atomic E-state index is 8.03. The van der Waals surface area contributed by atoms with Gasteiger partial charge in [0.2, 0.25) is 0 Å². The lowest BCUT2D eigenvalue weighted by atomic mass is 10.1. The predicted molar refractivity (Wildman–Crippen MR) is 113 cm³/mol. The molecule has 0 atom stereocenters. The smallest absolute Gasteiger partial charge is 0.141 e. The van der Waals surface area contributed by atoms with Crippen LogP contribution in [0.3, 0.4) is 0 Å². The van der Waals surface area contributed by atoms with E-state index in [-0.39, 0.29) is 6.73 Å². The monoisotopic (exact) mass is 396 g/mol. The highest BCUT2D eigenvalue weighted by Crippen LogP contribution is 2.18. The summed E-state index contributed by atoms with van der Waals surface area (Å²) < 4.78 is 7.37. The zero-order valence-electron chi connectivity index (χ0n) is 16.7. The average molecular weight is 396 g/mol. The molecule has 0 saturated heterocycles. The van der Waals surface area contributed by atoms with Crippen molar-refractivity contribution in [2.75, 3.05) is 13.3 Å². The van der Waals surface area contributed by atoms with Crippen molar-refractivity contribution in [2.24, 2.45) is 10.8 Å². The van der Waals surface area contributed by atoms with Gasteiger partial charge in [-0.05, 0) is 49.8 Å². The van der Waals surface area contributed by atoms with Crippen molar-refractivity contribution < 1.29 is 9.84 Å². The maximum atomic E-state index is 8.03. The Morgan fingerprint density at radius 1 is 1.31 bits per heavy atom. The number of rotatable bonds is 8. The molecule has 154 valence electrons. The van der Waals surface area contributed by atoms with E-state index in [1.165, 1.54) is 0 Å². The summed E-state index contributed by atoms with van der Waals surface area (Å²) in [6.07, 6.45) is 13.3. The molecule has 0 radical (unpaired) electrons. The van der Waals surface area contributed by atoms with Gasteiger partial charge in [-0.1, -0.05) is 18.2 Å². The first kappa shape index (κ1) is 23.7. The Bertz CT molecular complexity index is 915. The number of nitrogens with two attached hydrogens (primary N) is 1. The van der Waals surface area contributed by atoms with Gasteiger partial charge in [-0.3, -0.25) is 10.4 Å². The Morgan fingerprint density at radius 2 is 2.07 bits per heavy atom. The van der Waals surface area contributed by atoms with Crippen LogP contribution in [0, 0.1) is 10.9 Å². The number of hydrogen-bond donors (Lipinski definition) is 4. The summed E-state index contributed by atoms with van der Waals surface area (Å²) >= 11 is 0. The normalized spacial score (nSPS) is 11.4. The van der Waals surface area contributed by atoms with Gasteiger partial charge in [-0.2, -0.15) is 5.11 Å². The molecule has 5 N–H and O–H groups in total. The van der Waals surface area contributed by atoms with Crippen molar-refractivity contribution in [3.63, 3.8) is 0 Å². The Hall–Kier alpha value is -3.36. The molecule has 8 heteroatoms.